The van der Waals surface area contributed by atoms with Gasteiger partial charge in [0.05, 0.1) is 11.1 Å². The van der Waals surface area contributed by atoms with Gasteiger partial charge < -0.3 is 5.73 Å². The van der Waals surface area contributed by atoms with E-state index in [4.69, 9.17) is 17.3 Å². The lowest BCUT2D eigenvalue weighted by atomic mass is 9.83. The molecule has 0 aliphatic heterocycles. The Morgan fingerprint density at radius 2 is 2.11 bits per heavy atom. The normalized spacial score (nSPS) is 25.7. The molecule has 108 valence electrons. The molecule has 0 radical (unpaired) electrons. The topological polar surface area (TPSA) is 29.3 Å². The molecule has 1 aromatic rings. The van der Waals surface area contributed by atoms with Crippen LogP contribution in [0.4, 0.5) is 0 Å². The van der Waals surface area contributed by atoms with Crippen molar-refractivity contribution in [2.24, 2.45) is 11.7 Å². The van der Waals surface area contributed by atoms with Crippen LogP contribution >= 0.6 is 22.9 Å². The Bertz CT molecular complexity index is 385. The van der Waals surface area contributed by atoms with Gasteiger partial charge >= 0.3 is 0 Å². The van der Waals surface area contributed by atoms with E-state index in [1.807, 2.05) is 5.38 Å². The first-order valence-electron chi connectivity index (χ1n) is 7.31. The lowest BCUT2D eigenvalue weighted by Crippen LogP contribution is -2.40. The molecule has 4 heteroatoms. The van der Waals surface area contributed by atoms with Crippen molar-refractivity contribution in [1.29, 1.82) is 0 Å². The molecule has 0 amide bonds. The van der Waals surface area contributed by atoms with Crippen LogP contribution in [0, 0.1) is 5.92 Å². The van der Waals surface area contributed by atoms with Crippen LogP contribution in [-0.2, 0) is 0 Å². The summed E-state index contributed by atoms with van der Waals surface area (Å²) in [6.45, 7) is 2.98. The number of thiophene rings is 1. The molecule has 0 saturated heterocycles. The van der Waals surface area contributed by atoms with Crippen LogP contribution in [0.3, 0.4) is 0 Å². The summed E-state index contributed by atoms with van der Waals surface area (Å²) in [6, 6.07) is 3.07. The molecule has 1 aromatic heterocycles. The van der Waals surface area contributed by atoms with Gasteiger partial charge in [0.1, 0.15) is 0 Å². The Morgan fingerprint density at radius 1 is 1.42 bits per heavy atom. The molecule has 1 saturated carbocycles. The Labute approximate surface area is 125 Å². The molecule has 2 N–H and O–H groups in total. The first-order valence-corrected chi connectivity index (χ1v) is 8.57. The molecule has 1 aliphatic rings. The molecule has 2 rings (SSSR count). The summed E-state index contributed by atoms with van der Waals surface area (Å²) < 4.78 is 0. The van der Waals surface area contributed by atoms with Gasteiger partial charge in [0.15, 0.2) is 0 Å². The molecule has 0 aromatic carbocycles. The summed E-state index contributed by atoms with van der Waals surface area (Å²) in [6.07, 6.45) is 6.69. The third-order valence-electron chi connectivity index (χ3n) is 4.60. The maximum absolute atomic E-state index is 6.04. The standard InChI is InChI=1S/C15H25ClN2S/c1-3-11-4-6-13(7-5-11)18(2)14(9-17)15-8-12(16)10-19-15/h8,10-11,13-14H,3-7,9,17H2,1-2H3. The van der Waals surface area contributed by atoms with E-state index in [0.717, 1.165) is 10.9 Å². The van der Waals surface area contributed by atoms with Crippen LogP contribution in [0.2, 0.25) is 5.02 Å². The van der Waals surface area contributed by atoms with Crippen molar-refractivity contribution in [2.75, 3.05) is 13.6 Å². The number of hydrogen-bond donors (Lipinski definition) is 1. The first-order chi connectivity index (χ1) is 9.15. The minimum absolute atomic E-state index is 0.320. The Kier molecular flexibility index (Phi) is 5.70. The molecule has 1 fully saturated rings. The fourth-order valence-corrected chi connectivity index (χ4v) is 4.45. The van der Waals surface area contributed by atoms with E-state index in [1.54, 1.807) is 11.3 Å². The van der Waals surface area contributed by atoms with Gasteiger partial charge in [0, 0.05) is 22.8 Å². The summed E-state index contributed by atoms with van der Waals surface area (Å²) in [4.78, 5) is 3.78. The smallest absolute Gasteiger partial charge is 0.0564 e. The zero-order valence-electron chi connectivity index (χ0n) is 11.9. The number of likely N-dealkylation sites (N-methyl/N-ethyl adjacent to an activating group) is 1. The van der Waals surface area contributed by atoms with Crippen LogP contribution in [-0.4, -0.2) is 24.5 Å². The summed E-state index contributed by atoms with van der Waals surface area (Å²) >= 11 is 7.77. The van der Waals surface area contributed by atoms with Crippen molar-refractivity contribution in [3.8, 4) is 0 Å². The quantitative estimate of drug-likeness (QED) is 0.878. The van der Waals surface area contributed by atoms with Gasteiger partial charge in [-0.3, -0.25) is 4.90 Å². The number of nitrogens with two attached hydrogens (primary N) is 1. The fraction of sp³-hybridized carbons (Fsp3) is 0.733. The van der Waals surface area contributed by atoms with Crippen LogP contribution in [0.1, 0.15) is 49.9 Å². The highest BCUT2D eigenvalue weighted by Crippen LogP contribution is 2.34. The van der Waals surface area contributed by atoms with E-state index in [0.29, 0.717) is 18.6 Å². The Morgan fingerprint density at radius 3 is 2.58 bits per heavy atom. The molecule has 1 heterocycles. The van der Waals surface area contributed by atoms with Gasteiger partial charge in [-0.2, -0.15) is 0 Å². The van der Waals surface area contributed by atoms with E-state index in [9.17, 15) is 0 Å². The lowest BCUT2D eigenvalue weighted by Gasteiger charge is -2.38. The van der Waals surface area contributed by atoms with Crippen molar-refractivity contribution in [3.05, 3.63) is 21.3 Å². The third kappa shape index (κ3) is 3.72. The van der Waals surface area contributed by atoms with Gasteiger partial charge in [0.2, 0.25) is 0 Å². The highest BCUT2D eigenvalue weighted by atomic mass is 35.5. The van der Waals surface area contributed by atoms with Crippen molar-refractivity contribution < 1.29 is 0 Å². The summed E-state index contributed by atoms with van der Waals surface area (Å²) in [5.74, 6) is 0.942. The minimum Gasteiger partial charge on any atom is -0.329 e. The Balaban J connectivity index is 1.99. The van der Waals surface area contributed by atoms with Crippen molar-refractivity contribution >= 4 is 22.9 Å². The maximum Gasteiger partial charge on any atom is 0.0564 e. The summed E-state index contributed by atoms with van der Waals surface area (Å²) in [5.41, 5.74) is 6.00. The second-order valence-electron chi connectivity index (χ2n) is 5.67. The van der Waals surface area contributed by atoms with Crippen molar-refractivity contribution in [2.45, 2.75) is 51.1 Å². The number of nitrogens with zero attached hydrogens (tertiary/aromatic N) is 1. The molecule has 0 spiro atoms. The minimum atomic E-state index is 0.320. The number of halogens is 1. The van der Waals surface area contributed by atoms with Gasteiger partial charge in [-0.15, -0.1) is 11.3 Å². The largest absolute Gasteiger partial charge is 0.329 e. The monoisotopic (exact) mass is 300 g/mol. The first kappa shape index (κ1) is 15.3. The third-order valence-corrected chi connectivity index (χ3v) is 5.98. The van der Waals surface area contributed by atoms with Gasteiger partial charge in [-0.1, -0.05) is 24.9 Å². The number of hydrogen-bond acceptors (Lipinski definition) is 3. The van der Waals surface area contributed by atoms with E-state index in [2.05, 4.69) is 24.9 Å². The molecule has 0 bridgehead atoms. The van der Waals surface area contributed by atoms with E-state index < -0.39 is 0 Å². The van der Waals surface area contributed by atoms with Gasteiger partial charge in [-0.25, -0.2) is 0 Å². The highest BCUT2D eigenvalue weighted by molar-refractivity contribution is 7.10. The molecule has 1 unspecified atom stereocenters. The fourth-order valence-electron chi connectivity index (χ4n) is 3.20. The Hall–Kier alpha value is -0.0900. The van der Waals surface area contributed by atoms with E-state index >= 15 is 0 Å². The zero-order chi connectivity index (χ0) is 13.8. The van der Waals surface area contributed by atoms with Gasteiger partial charge in [0.25, 0.3) is 0 Å². The van der Waals surface area contributed by atoms with Crippen LogP contribution in [0.5, 0.6) is 0 Å². The summed E-state index contributed by atoms with van der Waals surface area (Å²) in [7, 11) is 2.22. The average Bonchev–Trinajstić information content (AvgIpc) is 2.86. The van der Waals surface area contributed by atoms with Crippen LogP contribution in [0.25, 0.3) is 0 Å². The number of rotatable bonds is 5. The van der Waals surface area contributed by atoms with E-state index in [-0.39, 0.29) is 0 Å². The van der Waals surface area contributed by atoms with Crippen molar-refractivity contribution in [1.82, 2.24) is 4.90 Å². The predicted molar refractivity (Wildman–Crippen MR) is 84.9 cm³/mol. The molecule has 19 heavy (non-hydrogen) atoms. The molecule has 1 aliphatic carbocycles. The second kappa shape index (κ2) is 7.07. The lowest BCUT2D eigenvalue weighted by molar-refractivity contribution is 0.123. The van der Waals surface area contributed by atoms with Crippen LogP contribution in [0.15, 0.2) is 11.4 Å². The van der Waals surface area contributed by atoms with E-state index in [1.165, 1.54) is 37.0 Å². The SMILES string of the molecule is CCC1CCC(N(C)C(CN)c2cc(Cl)cs2)CC1. The molecular weight excluding hydrogens is 276 g/mol. The molecule has 2 nitrogen and oxygen atoms in total. The average molecular weight is 301 g/mol. The zero-order valence-corrected chi connectivity index (χ0v) is 13.5. The molecular formula is C15H25ClN2S. The summed E-state index contributed by atoms with van der Waals surface area (Å²) in [5, 5.41) is 2.84. The van der Waals surface area contributed by atoms with Crippen LogP contribution < -0.4 is 5.73 Å². The highest BCUT2D eigenvalue weighted by Gasteiger charge is 2.28. The van der Waals surface area contributed by atoms with Gasteiger partial charge in [-0.05, 0) is 44.7 Å². The second-order valence-corrected chi connectivity index (χ2v) is 7.05. The van der Waals surface area contributed by atoms with Crippen molar-refractivity contribution in [3.63, 3.8) is 0 Å². The molecule has 1 atom stereocenters. The maximum atomic E-state index is 6.04. The predicted octanol–water partition coefficient (Wildman–Crippen LogP) is 4.30.